The second-order valence-corrected chi connectivity index (χ2v) is 5.55. The van der Waals surface area contributed by atoms with Crippen molar-refractivity contribution in [2.24, 2.45) is 11.3 Å². The summed E-state index contributed by atoms with van der Waals surface area (Å²) in [7, 11) is 0. The van der Waals surface area contributed by atoms with Crippen LogP contribution in [0.2, 0.25) is 0 Å². The molecule has 2 atom stereocenters. The fourth-order valence-electron chi connectivity index (χ4n) is 3.77. The van der Waals surface area contributed by atoms with E-state index in [1.807, 2.05) is 0 Å². The molecule has 0 radical (unpaired) electrons. The standard InChI is InChI=1S/C11H22N2O/c1-8-3-11(4-8)5-9(2)13-10(6-11)7-12-14/h8-10,12-14H,3-7H2,1-2H3. The summed E-state index contributed by atoms with van der Waals surface area (Å²) in [5, 5.41) is 12.3. The Kier molecular flexibility index (Phi) is 2.82. The highest BCUT2D eigenvalue weighted by Crippen LogP contribution is 2.53. The van der Waals surface area contributed by atoms with Crippen LogP contribution in [-0.4, -0.2) is 23.8 Å². The van der Waals surface area contributed by atoms with E-state index in [0.717, 1.165) is 5.92 Å². The molecule has 0 aromatic carbocycles. The molecule has 2 rings (SSSR count). The fraction of sp³-hybridized carbons (Fsp3) is 1.00. The molecule has 1 saturated heterocycles. The summed E-state index contributed by atoms with van der Waals surface area (Å²) in [4.78, 5) is 0. The third kappa shape index (κ3) is 1.95. The van der Waals surface area contributed by atoms with Crippen molar-refractivity contribution in [2.75, 3.05) is 6.54 Å². The van der Waals surface area contributed by atoms with Crippen LogP contribution in [0, 0.1) is 11.3 Å². The molecule has 82 valence electrons. The Bertz CT molecular complexity index is 201. The van der Waals surface area contributed by atoms with Gasteiger partial charge in [0, 0.05) is 18.6 Å². The molecule has 1 heterocycles. The average molecular weight is 198 g/mol. The number of nitrogens with one attached hydrogen (secondary N) is 2. The lowest BCUT2D eigenvalue weighted by Gasteiger charge is -2.53. The Balaban J connectivity index is 1.93. The number of hydrogen-bond donors (Lipinski definition) is 3. The van der Waals surface area contributed by atoms with Crippen molar-refractivity contribution in [3.05, 3.63) is 0 Å². The normalized spacial score (nSPS) is 47.8. The quantitative estimate of drug-likeness (QED) is 0.589. The second-order valence-electron chi connectivity index (χ2n) is 5.55. The lowest BCUT2D eigenvalue weighted by atomic mass is 9.56. The van der Waals surface area contributed by atoms with Gasteiger partial charge in [-0.25, -0.2) is 5.48 Å². The molecule has 2 fully saturated rings. The Labute approximate surface area is 86.2 Å². The van der Waals surface area contributed by atoms with Crippen molar-refractivity contribution in [1.29, 1.82) is 0 Å². The van der Waals surface area contributed by atoms with E-state index in [9.17, 15) is 0 Å². The van der Waals surface area contributed by atoms with E-state index in [0.29, 0.717) is 24.0 Å². The van der Waals surface area contributed by atoms with Gasteiger partial charge in [0.15, 0.2) is 0 Å². The summed E-state index contributed by atoms with van der Waals surface area (Å²) in [5.74, 6) is 0.919. The van der Waals surface area contributed by atoms with E-state index in [1.54, 1.807) is 0 Å². The highest BCUT2D eigenvalue weighted by molar-refractivity contribution is 5.00. The molecule has 0 aromatic heterocycles. The third-order valence-corrected chi connectivity index (χ3v) is 3.84. The summed E-state index contributed by atoms with van der Waals surface area (Å²) < 4.78 is 0. The fourth-order valence-corrected chi connectivity index (χ4v) is 3.77. The first-order valence-corrected chi connectivity index (χ1v) is 5.76. The second kappa shape index (κ2) is 3.80. The average Bonchev–Trinajstić information content (AvgIpc) is 2.00. The van der Waals surface area contributed by atoms with Crippen molar-refractivity contribution < 1.29 is 5.21 Å². The number of piperidine rings is 1. The van der Waals surface area contributed by atoms with Crippen LogP contribution in [0.4, 0.5) is 0 Å². The molecule has 1 aliphatic heterocycles. The first-order chi connectivity index (χ1) is 6.63. The van der Waals surface area contributed by atoms with E-state index in [-0.39, 0.29) is 0 Å². The molecule has 0 amide bonds. The van der Waals surface area contributed by atoms with Gasteiger partial charge >= 0.3 is 0 Å². The van der Waals surface area contributed by atoms with Crippen LogP contribution < -0.4 is 10.8 Å². The molecule has 0 bridgehead atoms. The summed E-state index contributed by atoms with van der Waals surface area (Å²) in [6, 6.07) is 1.06. The topological polar surface area (TPSA) is 44.3 Å². The molecule has 1 spiro atoms. The van der Waals surface area contributed by atoms with E-state index < -0.39 is 0 Å². The molecule has 2 unspecified atom stereocenters. The zero-order valence-corrected chi connectivity index (χ0v) is 9.21. The zero-order chi connectivity index (χ0) is 10.2. The van der Waals surface area contributed by atoms with Gasteiger partial charge in [-0.3, -0.25) is 0 Å². The van der Waals surface area contributed by atoms with E-state index in [2.05, 4.69) is 24.6 Å². The van der Waals surface area contributed by atoms with E-state index in [4.69, 9.17) is 5.21 Å². The van der Waals surface area contributed by atoms with Crippen molar-refractivity contribution in [3.63, 3.8) is 0 Å². The van der Waals surface area contributed by atoms with Gasteiger partial charge in [-0.05, 0) is 43.9 Å². The third-order valence-electron chi connectivity index (χ3n) is 3.84. The van der Waals surface area contributed by atoms with Gasteiger partial charge in [0.1, 0.15) is 0 Å². The minimum absolute atomic E-state index is 0.455. The maximum absolute atomic E-state index is 8.73. The maximum atomic E-state index is 8.73. The van der Waals surface area contributed by atoms with Crippen LogP contribution in [0.5, 0.6) is 0 Å². The largest absolute Gasteiger partial charge is 0.317 e. The van der Waals surface area contributed by atoms with Crippen LogP contribution in [0.3, 0.4) is 0 Å². The lowest BCUT2D eigenvalue weighted by Crippen LogP contribution is -2.55. The molecule has 3 N–H and O–H groups in total. The molecule has 1 aliphatic carbocycles. The van der Waals surface area contributed by atoms with Gasteiger partial charge in [0.2, 0.25) is 0 Å². The van der Waals surface area contributed by atoms with E-state index in [1.165, 1.54) is 25.7 Å². The van der Waals surface area contributed by atoms with Crippen molar-refractivity contribution >= 4 is 0 Å². The first kappa shape index (κ1) is 10.4. The van der Waals surface area contributed by atoms with Gasteiger partial charge in [0.05, 0.1) is 0 Å². The predicted octanol–water partition coefficient (Wildman–Crippen LogP) is 1.52. The van der Waals surface area contributed by atoms with Crippen LogP contribution in [0.1, 0.15) is 39.5 Å². The summed E-state index contributed by atoms with van der Waals surface area (Å²) in [6.45, 7) is 5.28. The van der Waals surface area contributed by atoms with Gasteiger partial charge in [-0.15, -0.1) is 0 Å². The number of rotatable bonds is 2. The molecule has 0 aromatic rings. The zero-order valence-electron chi connectivity index (χ0n) is 9.21. The molecule has 2 aliphatic rings. The minimum Gasteiger partial charge on any atom is -0.317 e. The monoisotopic (exact) mass is 198 g/mol. The molecule has 3 heteroatoms. The lowest BCUT2D eigenvalue weighted by molar-refractivity contribution is -0.00653. The SMILES string of the molecule is CC1CC2(C1)CC(C)NC(CNO)C2. The molecular weight excluding hydrogens is 176 g/mol. The van der Waals surface area contributed by atoms with Gasteiger partial charge < -0.3 is 10.5 Å². The van der Waals surface area contributed by atoms with E-state index >= 15 is 0 Å². The predicted molar refractivity (Wildman–Crippen MR) is 56.2 cm³/mol. The highest BCUT2D eigenvalue weighted by atomic mass is 16.5. The van der Waals surface area contributed by atoms with Gasteiger partial charge in [0.25, 0.3) is 0 Å². The smallest absolute Gasteiger partial charge is 0.0361 e. The van der Waals surface area contributed by atoms with Crippen LogP contribution in [-0.2, 0) is 0 Å². The summed E-state index contributed by atoms with van der Waals surface area (Å²) in [6.07, 6.45) is 5.33. The molecule has 1 saturated carbocycles. The Morgan fingerprint density at radius 3 is 2.57 bits per heavy atom. The maximum Gasteiger partial charge on any atom is 0.0361 e. The summed E-state index contributed by atoms with van der Waals surface area (Å²) >= 11 is 0. The Morgan fingerprint density at radius 2 is 2.00 bits per heavy atom. The van der Waals surface area contributed by atoms with Gasteiger partial charge in [-0.2, -0.15) is 0 Å². The highest BCUT2D eigenvalue weighted by Gasteiger charge is 2.46. The van der Waals surface area contributed by atoms with Gasteiger partial charge in [-0.1, -0.05) is 6.92 Å². The number of hydrogen-bond acceptors (Lipinski definition) is 3. The minimum atomic E-state index is 0.455. The molecule has 14 heavy (non-hydrogen) atoms. The first-order valence-electron chi connectivity index (χ1n) is 5.76. The summed E-state index contributed by atoms with van der Waals surface area (Å²) in [5.41, 5.74) is 2.90. The van der Waals surface area contributed by atoms with Crippen molar-refractivity contribution in [1.82, 2.24) is 10.8 Å². The Hall–Kier alpha value is -0.120. The van der Waals surface area contributed by atoms with Crippen molar-refractivity contribution in [3.8, 4) is 0 Å². The number of hydroxylamine groups is 1. The molecular formula is C11H22N2O. The molecule has 3 nitrogen and oxygen atoms in total. The van der Waals surface area contributed by atoms with Crippen LogP contribution >= 0.6 is 0 Å². The van der Waals surface area contributed by atoms with Crippen LogP contribution in [0.25, 0.3) is 0 Å². The Morgan fingerprint density at radius 1 is 1.29 bits per heavy atom. The van der Waals surface area contributed by atoms with Crippen molar-refractivity contribution in [2.45, 2.75) is 51.6 Å². The van der Waals surface area contributed by atoms with Crippen LogP contribution in [0.15, 0.2) is 0 Å².